The SMILES string of the molecule is CSCc1cn[c]cn1. The Hall–Kier alpha value is -0.570. The van der Waals surface area contributed by atoms with Crippen molar-refractivity contribution in [2.24, 2.45) is 0 Å². The number of hydrogen-bond donors (Lipinski definition) is 0. The molecule has 0 aromatic carbocycles. The highest BCUT2D eigenvalue weighted by Gasteiger charge is 1.88. The number of rotatable bonds is 2. The third-order valence-corrected chi connectivity index (χ3v) is 1.45. The average molecular weight is 139 g/mol. The quantitative estimate of drug-likeness (QED) is 0.614. The molecule has 2 nitrogen and oxygen atoms in total. The van der Waals surface area contributed by atoms with Gasteiger partial charge in [0, 0.05) is 5.75 Å². The van der Waals surface area contributed by atoms with Gasteiger partial charge >= 0.3 is 0 Å². The molecule has 0 saturated heterocycles. The summed E-state index contributed by atoms with van der Waals surface area (Å²) in [6, 6.07) is 0. The second-order valence-corrected chi connectivity index (χ2v) is 2.44. The fraction of sp³-hybridized carbons (Fsp3) is 0.333. The number of aromatic nitrogens is 2. The van der Waals surface area contributed by atoms with Gasteiger partial charge in [-0.3, -0.25) is 9.97 Å². The molecule has 1 aromatic heterocycles. The molecular formula is C6H7N2S. The summed E-state index contributed by atoms with van der Waals surface area (Å²) in [5.74, 6) is 0.932. The summed E-state index contributed by atoms with van der Waals surface area (Å²) < 4.78 is 0. The summed E-state index contributed by atoms with van der Waals surface area (Å²) in [5.41, 5.74) is 1.02. The normalized spacial score (nSPS) is 9.44. The van der Waals surface area contributed by atoms with Crippen molar-refractivity contribution in [2.75, 3.05) is 6.26 Å². The van der Waals surface area contributed by atoms with E-state index in [9.17, 15) is 0 Å². The molecule has 1 heterocycles. The molecule has 1 radical (unpaired) electrons. The molecule has 0 N–H and O–H groups in total. The number of nitrogens with zero attached hydrogens (tertiary/aromatic N) is 2. The lowest BCUT2D eigenvalue weighted by Gasteiger charge is -1.91. The van der Waals surface area contributed by atoms with Crippen LogP contribution in [0.15, 0.2) is 12.4 Å². The number of thioether (sulfide) groups is 1. The molecule has 0 fully saturated rings. The molecule has 1 aromatic rings. The molecule has 0 saturated carbocycles. The first kappa shape index (κ1) is 6.55. The van der Waals surface area contributed by atoms with Crippen LogP contribution in [0.1, 0.15) is 5.69 Å². The molecule has 0 aliphatic carbocycles. The van der Waals surface area contributed by atoms with Gasteiger partial charge in [-0.15, -0.1) is 0 Å². The Morgan fingerprint density at radius 2 is 2.67 bits per heavy atom. The zero-order chi connectivity index (χ0) is 6.53. The van der Waals surface area contributed by atoms with Gasteiger partial charge < -0.3 is 0 Å². The second-order valence-electron chi connectivity index (χ2n) is 1.57. The zero-order valence-corrected chi connectivity index (χ0v) is 5.98. The van der Waals surface area contributed by atoms with Crippen LogP contribution in [-0.2, 0) is 5.75 Å². The van der Waals surface area contributed by atoms with Gasteiger partial charge in [-0.05, 0) is 6.26 Å². The summed E-state index contributed by atoms with van der Waals surface area (Å²) >= 11 is 1.74. The lowest BCUT2D eigenvalue weighted by Crippen LogP contribution is -1.85. The summed E-state index contributed by atoms with van der Waals surface area (Å²) in [5, 5.41) is 0. The van der Waals surface area contributed by atoms with Crippen LogP contribution < -0.4 is 0 Å². The van der Waals surface area contributed by atoms with Crippen LogP contribution in [0.3, 0.4) is 0 Å². The van der Waals surface area contributed by atoms with Gasteiger partial charge in [0.2, 0.25) is 0 Å². The maximum Gasteiger partial charge on any atom is 0.108 e. The smallest absolute Gasteiger partial charge is 0.108 e. The Bertz CT molecular complexity index is 164. The van der Waals surface area contributed by atoms with Gasteiger partial charge in [0.25, 0.3) is 0 Å². The molecular weight excluding hydrogens is 132 g/mol. The fourth-order valence-electron chi connectivity index (χ4n) is 0.513. The maximum absolute atomic E-state index is 4.03. The number of hydrogen-bond acceptors (Lipinski definition) is 3. The molecule has 0 bridgehead atoms. The van der Waals surface area contributed by atoms with Crippen molar-refractivity contribution < 1.29 is 0 Å². The van der Waals surface area contributed by atoms with Crippen LogP contribution in [0, 0.1) is 6.20 Å². The zero-order valence-electron chi connectivity index (χ0n) is 5.16. The van der Waals surface area contributed by atoms with Crippen LogP contribution in [0.5, 0.6) is 0 Å². The Labute approximate surface area is 58.7 Å². The summed E-state index contributed by atoms with van der Waals surface area (Å²) in [7, 11) is 0. The van der Waals surface area contributed by atoms with E-state index in [0.29, 0.717) is 0 Å². The molecule has 0 aliphatic heterocycles. The van der Waals surface area contributed by atoms with Crippen molar-refractivity contribution in [3.05, 3.63) is 24.3 Å². The minimum Gasteiger partial charge on any atom is -0.256 e. The molecule has 0 spiro atoms. The Balaban J connectivity index is 2.61. The van der Waals surface area contributed by atoms with Crippen molar-refractivity contribution in [3.63, 3.8) is 0 Å². The predicted octanol–water partition coefficient (Wildman–Crippen LogP) is 1.14. The molecule has 0 aliphatic rings. The third kappa shape index (κ3) is 2.01. The Kier molecular flexibility index (Phi) is 2.51. The van der Waals surface area contributed by atoms with E-state index in [-0.39, 0.29) is 0 Å². The average Bonchev–Trinajstić information content (AvgIpc) is 1.91. The van der Waals surface area contributed by atoms with Crippen molar-refractivity contribution in [1.82, 2.24) is 9.97 Å². The van der Waals surface area contributed by atoms with E-state index in [0.717, 1.165) is 11.4 Å². The van der Waals surface area contributed by atoms with Crippen molar-refractivity contribution in [2.45, 2.75) is 5.75 Å². The molecule has 1 rings (SSSR count). The molecule has 47 valence electrons. The first-order valence-corrected chi connectivity index (χ1v) is 3.99. The van der Waals surface area contributed by atoms with Gasteiger partial charge in [-0.2, -0.15) is 11.8 Å². The third-order valence-electron chi connectivity index (χ3n) is 0.868. The highest BCUT2D eigenvalue weighted by molar-refractivity contribution is 7.97. The standard InChI is InChI=1S/C6H7N2S/c1-9-5-6-4-7-2-3-8-6/h3-4H,5H2,1H3. The molecule has 0 amide bonds. The summed E-state index contributed by atoms with van der Waals surface area (Å²) in [4.78, 5) is 7.83. The molecule has 9 heavy (non-hydrogen) atoms. The van der Waals surface area contributed by atoms with E-state index >= 15 is 0 Å². The second kappa shape index (κ2) is 3.45. The van der Waals surface area contributed by atoms with E-state index in [2.05, 4.69) is 16.2 Å². The highest BCUT2D eigenvalue weighted by atomic mass is 32.2. The van der Waals surface area contributed by atoms with Gasteiger partial charge in [0.15, 0.2) is 0 Å². The van der Waals surface area contributed by atoms with Crippen molar-refractivity contribution in [1.29, 1.82) is 0 Å². The first-order valence-electron chi connectivity index (χ1n) is 2.59. The fourth-order valence-corrected chi connectivity index (χ4v) is 0.957. The van der Waals surface area contributed by atoms with Crippen molar-refractivity contribution >= 4 is 11.8 Å². The van der Waals surface area contributed by atoms with E-state index in [1.165, 1.54) is 0 Å². The van der Waals surface area contributed by atoms with Gasteiger partial charge in [-0.1, -0.05) is 0 Å². The lowest BCUT2D eigenvalue weighted by atomic mass is 10.5. The predicted molar refractivity (Wildman–Crippen MR) is 38.1 cm³/mol. The molecule has 3 heteroatoms. The van der Waals surface area contributed by atoms with E-state index < -0.39 is 0 Å². The van der Waals surface area contributed by atoms with Gasteiger partial charge in [0.05, 0.1) is 18.1 Å². The van der Waals surface area contributed by atoms with Gasteiger partial charge in [-0.25, -0.2) is 0 Å². The monoisotopic (exact) mass is 139 g/mol. The topological polar surface area (TPSA) is 25.8 Å². The summed E-state index contributed by atoms with van der Waals surface area (Å²) in [6.45, 7) is 0. The molecule has 0 atom stereocenters. The maximum atomic E-state index is 4.03. The van der Waals surface area contributed by atoms with Crippen LogP contribution in [0.4, 0.5) is 0 Å². The van der Waals surface area contributed by atoms with Crippen LogP contribution in [-0.4, -0.2) is 16.2 Å². The van der Waals surface area contributed by atoms with Crippen LogP contribution in [0.2, 0.25) is 0 Å². The van der Waals surface area contributed by atoms with E-state index in [4.69, 9.17) is 0 Å². The minimum absolute atomic E-state index is 0.932. The lowest BCUT2D eigenvalue weighted by molar-refractivity contribution is 1.09. The van der Waals surface area contributed by atoms with E-state index in [1.54, 1.807) is 24.2 Å². The van der Waals surface area contributed by atoms with Gasteiger partial charge in [0.1, 0.15) is 6.20 Å². The Morgan fingerprint density at radius 1 is 1.78 bits per heavy atom. The largest absolute Gasteiger partial charge is 0.256 e. The highest BCUT2D eigenvalue weighted by Crippen LogP contribution is 2.02. The van der Waals surface area contributed by atoms with Crippen LogP contribution >= 0.6 is 11.8 Å². The van der Waals surface area contributed by atoms with Crippen molar-refractivity contribution in [3.8, 4) is 0 Å². The Morgan fingerprint density at radius 3 is 3.22 bits per heavy atom. The van der Waals surface area contributed by atoms with E-state index in [1.807, 2.05) is 6.26 Å². The summed E-state index contributed by atoms with van der Waals surface area (Å²) in [6.07, 6.45) is 7.98. The molecule has 0 unspecified atom stereocenters. The van der Waals surface area contributed by atoms with Crippen LogP contribution in [0.25, 0.3) is 0 Å². The minimum atomic E-state index is 0.932. The first-order chi connectivity index (χ1) is 4.43.